The van der Waals surface area contributed by atoms with Crippen LogP contribution in [-0.4, -0.2) is 67.5 Å². The van der Waals surface area contributed by atoms with Crippen LogP contribution in [0, 0.1) is 5.92 Å². The number of hydrogen-bond donors (Lipinski definition) is 2. The lowest BCUT2D eigenvalue weighted by Crippen LogP contribution is -2.38. The molecule has 1 aliphatic carbocycles. The molecule has 2 N–H and O–H groups in total. The van der Waals surface area contributed by atoms with Gasteiger partial charge in [0.05, 0.1) is 26.7 Å². The molecule has 11 heteroatoms. The molecule has 0 spiro atoms. The first-order valence-corrected chi connectivity index (χ1v) is 11.6. The highest BCUT2D eigenvalue weighted by Crippen LogP contribution is 2.39. The molecule has 0 unspecified atom stereocenters. The molecular formula is C25H29N5O6. The lowest BCUT2D eigenvalue weighted by Gasteiger charge is -2.18. The minimum Gasteiger partial charge on any atom is -0.481 e. The number of hydrogen-bond acceptors (Lipinski definition) is 9. The summed E-state index contributed by atoms with van der Waals surface area (Å²) < 4.78 is 21.0. The summed E-state index contributed by atoms with van der Waals surface area (Å²) in [7, 11) is 4.49. The minimum absolute atomic E-state index is 0.111. The fourth-order valence-corrected chi connectivity index (χ4v) is 4.31. The van der Waals surface area contributed by atoms with E-state index in [0.717, 1.165) is 5.56 Å². The van der Waals surface area contributed by atoms with Gasteiger partial charge in [-0.2, -0.15) is 9.97 Å². The van der Waals surface area contributed by atoms with Gasteiger partial charge in [-0.15, -0.1) is 0 Å². The SMILES string of the molecule is COCCNC(=O)[C@H]1C[C@H](NC(=O)c2ccc(OC)nc2OC)[C@H](c2nc(-c3ccccc3)no2)C1. The summed E-state index contributed by atoms with van der Waals surface area (Å²) in [5.41, 5.74) is 1.06. The number of rotatable bonds is 10. The van der Waals surface area contributed by atoms with Crippen molar-refractivity contribution in [3.05, 3.63) is 53.9 Å². The molecule has 190 valence electrons. The Morgan fingerprint density at radius 3 is 2.56 bits per heavy atom. The third-order valence-corrected chi connectivity index (χ3v) is 6.13. The van der Waals surface area contributed by atoms with Crippen molar-refractivity contribution in [3.63, 3.8) is 0 Å². The topological polar surface area (TPSA) is 138 Å². The van der Waals surface area contributed by atoms with E-state index in [1.54, 1.807) is 19.2 Å². The Bertz CT molecular complexity index is 1180. The van der Waals surface area contributed by atoms with Crippen molar-refractivity contribution in [1.82, 2.24) is 25.8 Å². The second-order valence-corrected chi connectivity index (χ2v) is 8.37. The molecule has 0 saturated heterocycles. The molecule has 0 bridgehead atoms. The number of pyridine rings is 1. The Morgan fingerprint density at radius 1 is 1.03 bits per heavy atom. The predicted octanol–water partition coefficient (Wildman–Crippen LogP) is 2.20. The molecule has 3 atom stereocenters. The summed E-state index contributed by atoms with van der Waals surface area (Å²) in [5, 5.41) is 10.0. The maximum absolute atomic E-state index is 13.2. The zero-order valence-corrected chi connectivity index (χ0v) is 20.4. The lowest BCUT2D eigenvalue weighted by molar-refractivity contribution is -0.125. The van der Waals surface area contributed by atoms with E-state index in [-0.39, 0.29) is 35.1 Å². The van der Waals surface area contributed by atoms with Crippen LogP contribution in [0.5, 0.6) is 11.8 Å². The highest BCUT2D eigenvalue weighted by Gasteiger charge is 2.42. The first-order chi connectivity index (χ1) is 17.5. The summed E-state index contributed by atoms with van der Waals surface area (Å²) in [6.45, 7) is 0.817. The zero-order chi connectivity index (χ0) is 25.5. The molecule has 3 aromatic rings. The summed E-state index contributed by atoms with van der Waals surface area (Å²) in [6, 6.07) is 12.2. The van der Waals surface area contributed by atoms with Crippen LogP contribution in [0.4, 0.5) is 0 Å². The number of ether oxygens (including phenoxy) is 3. The van der Waals surface area contributed by atoms with E-state index in [1.807, 2.05) is 30.3 Å². The summed E-state index contributed by atoms with van der Waals surface area (Å²) in [6.07, 6.45) is 0.850. The molecule has 4 rings (SSSR count). The van der Waals surface area contributed by atoms with Crippen LogP contribution in [0.15, 0.2) is 47.0 Å². The van der Waals surface area contributed by atoms with E-state index in [4.69, 9.17) is 18.7 Å². The number of carbonyl (C=O) groups excluding carboxylic acids is 2. The van der Waals surface area contributed by atoms with E-state index in [0.29, 0.717) is 43.6 Å². The van der Waals surface area contributed by atoms with Gasteiger partial charge in [-0.3, -0.25) is 9.59 Å². The molecule has 1 aromatic carbocycles. The molecule has 2 aromatic heterocycles. The highest BCUT2D eigenvalue weighted by atomic mass is 16.5. The van der Waals surface area contributed by atoms with Gasteiger partial charge in [-0.25, -0.2) is 0 Å². The molecule has 11 nitrogen and oxygen atoms in total. The van der Waals surface area contributed by atoms with Crippen LogP contribution in [0.2, 0.25) is 0 Å². The quantitative estimate of drug-likeness (QED) is 0.405. The normalized spacial score (nSPS) is 19.0. The Kier molecular flexibility index (Phi) is 8.11. The first-order valence-electron chi connectivity index (χ1n) is 11.6. The van der Waals surface area contributed by atoms with Crippen molar-refractivity contribution < 1.29 is 28.3 Å². The van der Waals surface area contributed by atoms with Crippen LogP contribution >= 0.6 is 0 Å². The van der Waals surface area contributed by atoms with Crippen LogP contribution in [0.25, 0.3) is 11.4 Å². The van der Waals surface area contributed by atoms with Gasteiger partial charge in [-0.1, -0.05) is 35.5 Å². The van der Waals surface area contributed by atoms with E-state index in [1.165, 1.54) is 14.2 Å². The van der Waals surface area contributed by atoms with Crippen molar-refractivity contribution in [2.75, 3.05) is 34.5 Å². The highest BCUT2D eigenvalue weighted by molar-refractivity contribution is 5.96. The Morgan fingerprint density at radius 2 is 1.83 bits per heavy atom. The Hall–Kier alpha value is -3.99. The van der Waals surface area contributed by atoms with E-state index in [9.17, 15) is 9.59 Å². The fourth-order valence-electron chi connectivity index (χ4n) is 4.31. The van der Waals surface area contributed by atoms with Gasteiger partial charge in [0.25, 0.3) is 5.91 Å². The lowest BCUT2D eigenvalue weighted by atomic mass is 10.0. The number of benzene rings is 1. The first kappa shape index (κ1) is 25.1. The average molecular weight is 496 g/mol. The van der Waals surface area contributed by atoms with Gasteiger partial charge in [0.2, 0.25) is 29.4 Å². The van der Waals surface area contributed by atoms with Gasteiger partial charge >= 0.3 is 0 Å². The molecule has 2 amide bonds. The molecule has 2 heterocycles. The molecule has 0 aliphatic heterocycles. The van der Waals surface area contributed by atoms with Crippen molar-refractivity contribution in [1.29, 1.82) is 0 Å². The molecule has 0 radical (unpaired) electrons. The number of amides is 2. The second kappa shape index (κ2) is 11.6. The molecular weight excluding hydrogens is 466 g/mol. The Labute approximate surface area is 208 Å². The fraction of sp³-hybridized carbons (Fsp3) is 0.400. The maximum Gasteiger partial charge on any atom is 0.257 e. The number of methoxy groups -OCH3 is 3. The number of aromatic nitrogens is 3. The number of carbonyl (C=O) groups is 2. The number of nitrogens with one attached hydrogen (secondary N) is 2. The summed E-state index contributed by atoms with van der Waals surface area (Å²) >= 11 is 0. The van der Waals surface area contributed by atoms with Crippen LogP contribution in [0.3, 0.4) is 0 Å². The molecule has 1 fully saturated rings. The van der Waals surface area contributed by atoms with Crippen LogP contribution in [0.1, 0.15) is 35.0 Å². The summed E-state index contributed by atoms with van der Waals surface area (Å²) in [5.74, 6) is 0.0828. The Balaban J connectivity index is 1.57. The zero-order valence-electron chi connectivity index (χ0n) is 20.4. The standard InChI is InChI=1S/C25H29N5O6/c1-33-12-11-26-22(31)16-13-18(25-29-21(30-36-25)15-7-5-4-6-8-15)19(14-16)27-23(32)17-9-10-20(34-2)28-24(17)35-3/h4-10,16,18-19H,11-14H2,1-3H3,(H,26,31)(H,27,32)/t16-,18-,19+/m1/s1. The van der Waals surface area contributed by atoms with Crippen molar-refractivity contribution in [3.8, 4) is 23.1 Å². The largest absolute Gasteiger partial charge is 0.481 e. The second-order valence-electron chi connectivity index (χ2n) is 8.37. The molecule has 1 aliphatic rings. The molecule has 1 saturated carbocycles. The van der Waals surface area contributed by atoms with E-state index < -0.39 is 6.04 Å². The van der Waals surface area contributed by atoms with Crippen molar-refractivity contribution in [2.45, 2.75) is 24.8 Å². The third-order valence-electron chi connectivity index (χ3n) is 6.13. The summed E-state index contributed by atoms with van der Waals surface area (Å²) in [4.78, 5) is 34.8. The van der Waals surface area contributed by atoms with Gasteiger partial charge in [0, 0.05) is 37.2 Å². The smallest absolute Gasteiger partial charge is 0.257 e. The van der Waals surface area contributed by atoms with E-state index >= 15 is 0 Å². The van der Waals surface area contributed by atoms with Crippen molar-refractivity contribution in [2.24, 2.45) is 5.92 Å². The van der Waals surface area contributed by atoms with Gasteiger partial charge in [0.1, 0.15) is 5.56 Å². The van der Waals surface area contributed by atoms with E-state index in [2.05, 4.69) is 25.8 Å². The van der Waals surface area contributed by atoms with Gasteiger partial charge < -0.3 is 29.4 Å². The number of nitrogens with zero attached hydrogens (tertiary/aromatic N) is 3. The average Bonchev–Trinajstić information content (AvgIpc) is 3.56. The monoisotopic (exact) mass is 495 g/mol. The predicted molar refractivity (Wildman–Crippen MR) is 129 cm³/mol. The van der Waals surface area contributed by atoms with Gasteiger partial charge in [-0.05, 0) is 18.9 Å². The maximum atomic E-state index is 13.2. The van der Waals surface area contributed by atoms with Crippen LogP contribution in [-0.2, 0) is 9.53 Å². The van der Waals surface area contributed by atoms with Crippen LogP contribution < -0.4 is 20.1 Å². The van der Waals surface area contributed by atoms with Crippen molar-refractivity contribution >= 4 is 11.8 Å². The third kappa shape index (κ3) is 5.62. The minimum atomic E-state index is -0.424. The van der Waals surface area contributed by atoms with Gasteiger partial charge in [0.15, 0.2) is 0 Å². The molecule has 36 heavy (non-hydrogen) atoms.